The number of nitrogens with zero attached hydrogens (tertiary/aromatic N) is 3. The van der Waals surface area contributed by atoms with Crippen LogP contribution in [0, 0.1) is 0 Å². The first kappa shape index (κ1) is 17.2. The lowest BCUT2D eigenvalue weighted by Gasteiger charge is -2.31. The maximum absolute atomic E-state index is 12.5. The number of nitrogens with one attached hydrogen (secondary N) is 1. The van der Waals surface area contributed by atoms with Crippen molar-refractivity contribution in [3.8, 4) is 23.4 Å². The van der Waals surface area contributed by atoms with E-state index in [0.717, 1.165) is 12.8 Å². The number of piperidine rings is 1. The third kappa shape index (κ3) is 3.97. The number of aromatic nitrogens is 2. The molecule has 1 N–H and O–H groups in total. The number of carbonyl (C=O) groups excluding carboxylic acids is 1. The van der Waals surface area contributed by atoms with Gasteiger partial charge in [0.2, 0.25) is 12.7 Å². The summed E-state index contributed by atoms with van der Waals surface area (Å²) in [5.74, 6) is 1.80. The van der Waals surface area contributed by atoms with Crippen LogP contribution in [-0.2, 0) is 0 Å². The van der Waals surface area contributed by atoms with E-state index in [0.29, 0.717) is 36.2 Å². The summed E-state index contributed by atoms with van der Waals surface area (Å²) < 4.78 is 21.5. The van der Waals surface area contributed by atoms with Crippen molar-refractivity contribution in [1.29, 1.82) is 0 Å². The molecule has 27 heavy (non-hydrogen) atoms. The SMILES string of the molecule is COc1nccc(OC2CCN(C(=O)Nc3ccc4c(c3)OCO4)CC2)n1. The average molecular weight is 372 g/mol. The molecule has 1 aromatic heterocycles. The molecule has 9 heteroatoms. The predicted molar refractivity (Wildman–Crippen MR) is 95.4 cm³/mol. The molecule has 0 radical (unpaired) electrons. The highest BCUT2D eigenvalue weighted by Crippen LogP contribution is 2.34. The van der Waals surface area contributed by atoms with Gasteiger partial charge in [-0.1, -0.05) is 0 Å². The first-order valence-corrected chi connectivity index (χ1v) is 8.70. The van der Waals surface area contributed by atoms with Crippen molar-refractivity contribution in [3.05, 3.63) is 30.5 Å². The molecule has 3 heterocycles. The lowest BCUT2D eigenvalue weighted by Crippen LogP contribution is -2.43. The van der Waals surface area contributed by atoms with Crippen LogP contribution in [-0.4, -0.2) is 54.0 Å². The number of hydrogen-bond acceptors (Lipinski definition) is 7. The second kappa shape index (κ2) is 7.56. The quantitative estimate of drug-likeness (QED) is 0.880. The molecule has 2 aliphatic rings. The first-order chi connectivity index (χ1) is 13.2. The molecule has 4 rings (SSSR count). The van der Waals surface area contributed by atoms with Gasteiger partial charge in [-0.2, -0.15) is 4.98 Å². The Balaban J connectivity index is 1.29. The van der Waals surface area contributed by atoms with E-state index >= 15 is 0 Å². The summed E-state index contributed by atoms with van der Waals surface area (Å²) in [6, 6.07) is 7.17. The summed E-state index contributed by atoms with van der Waals surface area (Å²) in [4.78, 5) is 22.4. The van der Waals surface area contributed by atoms with E-state index < -0.39 is 0 Å². The minimum absolute atomic E-state index is 0.000741. The number of rotatable bonds is 4. The summed E-state index contributed by atoms with van der Waals surface area (Å²) in [5, 5.41) is 2.89. The average Bonchev–Trinajstić information content (AvgIpc) is 3.16. The second-order valence-corrected chi connectivity index (χ2v) is 6.18. The van der Waals surface area contributed by atoms with Gasteiger partial charge in [0.1, 0.15) is 6.10 Å². The zero-order valence-electron chi connectivity index (χ0n) is 14.9. The van der Waals surface area contributed by atoms with Gasteiger partial charge in [-0.05, 0) is 12.1 Å². The molecular formula is C18H20N4O5. The molecule has 1 saturated heterocycles. The molecule has 9 nitrogen and oxygen atoms in total. The highest BCUT2D eigenvalue weighted by Gasteiger charge is 2.25. The molecule has 0 aliphatic carbocycles. The molecule has 0 spiro atoms. The number of amides is 2. The molecule has 0 bridgehead atoms. The van der Waals surface area contributed by atoms with Crippen molar-refractivity contribution in [2.24, 2.45) is 0 Å². The van der Waals surface area contributed by atoms with Gasteiger partial charge in [-0.25, -0.2) is 9.78 Å². The highest BCUT2D eigenvalue weighted by molar-refractivity contribution is 5.89. The Morgan fingerprint density at radius 2 is 2.04 bits per heavy atom. The van der Waals surface area contributed by atoms with Crippen molar-refractivity contribution in [3.63, 3.8) is 0 Å². The molecule has 1 aromatic carbocycles. The number of methoxy groups -OCH3 is 1. The Labute approximate surface area is 156 Å². The van der Waals surface area contributed by atoms with Crippen molar-refractivity contribution in [1.82, 2.24) is 14.9 Å². The van der Waals surface area contributed by atoms with Crippen LogP contribution in [0.3, 0.4) is 0 Å². The smallest absolute Gasteiger partial charge is 0.321 e. The van der Waals surface area contributed by atoms with Gasteiger partial charge >= 0.3 is 12.0 Å². The normalized spacial score (nSPS) is 16.1. The van der Waals surface area contributed by atoms with Crippen LogP contribution in [0.4, 0.5) is 10.5 Å². The van der Waals surface area contributed by atoms with Crippen molar-refractivity contribution in [2.75, 3.05) is 32.3 Å². The van der Waals surface area contributed by atoms with Gasteiger partial charge in [0.15, 0.2) is 11.5 Å². The number of urea groups is 1. The second-order valence-electron chi connectivity index (χ2n) is 6.18. The highest BCUT2D eigenvalue weighted by atomic mass is 16.7. The van der Waals surface area contributed by atoms with E-state index in [-0.39, 0.29) is 24.9 Å². The summed E-state index contributed by atoms with van der Waals surface area (Å²) in [6.45, 7) is 1.41. The number of fused-ring (bicyclic) bond motifs is 1. The van der Waals surface area contributed by atoms with Crippen LogP contribution in [0.5, 0.6) is 23.4 Å². The lowest BCUT2D eigenvalue weighted by atomic mass is 10.1. The van der Waals surface area contributed by atoms with Gasteiger partial charge in [-0.15, -0.1) is 0 Å². The van der Waals surface area contributed by atoms with Gasteiger partial charge in [-0.3, -0.25) is 0 Å². The minimum atomic E-state index is -0.143. The Bertz CT molecular complexity index is 823. The monoisotopic (exact) mass is 372 g/mol. The molecule has 0 unspecified atom stereocenters. The zero-order chi connectivity index (χ0) is 18.6. The molecular weight excluding hydrogens is 352 g/mol. The Hall–Kier alpha value is -3.23. The zero-order valence-corrected chi connectivity index (χ0v) is 14.9. The maximum atomic E-state index is 12.5. The molecule has 2 aliphatic heterocycles. The van der Waals surface area contributed by atoms with Crippen LogP contribution >= 0.6 is 0 Å². The van der Waals surface area contributed by atoms with Crippen LogP contribution in [0.1, 0.15) is 12.8 Å². The van der Waals surface area contributed by atoms with E-state index in [2.05, 4.69) is 15.3 Å². The topological polar surface area (TPSA) is 95.0 Å². The lowest BCUT2D eigenvalue weighted by molar-refractivity contribution is 0.110. The maximum Gasteiger partial charge on any atom is 0.321 e. The third-order valence-electron chi connectivity index (χ3n) is 4.43. The molecule has 142 valence electrons. The fourth-order valence-electron chi connectivity index (χ4n) is 3.01. The number of carbonyl (C=O) groups is 1. The van der Waals surface area contributed by atoms with Crippen LogP contribution in [0.15, 0.2) is 30.5 Å². The predicted octanol–water partition coefficient (Wildman–Crippen LogP) is 2.29. The number of benzene rings is 1. The fourth-order valence-corrected chi connectivity index (χ4v) is 3.01. The standard InChI is InChI=1S/C18H20N4O5/c1-24-17-19-7-4-16(21-17)27-13-5-8-22(9-6-13)18(23)20-12-2-3-14-15(10-12)26-11-25-14/h2-4,7,10,13H,5-6,8-9,11H2,1H3,(H,20,23). The summed E-state index contributed by atoms with van der Waals surface area (Å²) in [6.07, 6.45) is 3.04. The number of likely N-dealkylation sites (tertiary alicyclic amines) is 1. The van der Waals surface area contributed by atoms with E-state index in [1.54, 1.807) is 35.4 Å². The first-order valence-electron chi connectivity index (χ1n) is 8.70. The van der Waals surface area contributed by atoms with E-state index in [9.17, 15) is 4.79 Å². The van der Waals surface area contributed by atoms with E-state index in [1.165, 1.54) is 7.11 Å². The van der Waals surface area contributed by atoms with E-state index in [1.807, 2.05) is 0 Å². The molecule has 0 saturated carbocycles. The number of hydrogen-bond donors (Lipinski definition) is 1. The van der Waals surface area contributed by atoms with Crippen molar-refractivity contribution >= 4 is 11.7 Å². The van der Waals surface area contributed by atoms with Crippen LogP contribution in [0.25, 0.3) is 0 Å². The molecule has 2 amide bonds. The Morgan fingerprint density at radius 1 is 1.22 bits per heavy atom. The summed E-state index contributed by atoms with van der Waals surface area (Å²) in [7, 11) is 1.51. The van der Waals surface area contributed by atoms with Crippen molar-refractivity contribution in [2.45, 2.75) is 18.9 Å². The van der Waals surface area contributed by atoms with Gasteiger partial charge in [0, 0.05) is 49.9 Å². The van der Waals surface area contributed by atoms with Gasteiger partial charge in [0.05, 0.1) is 7.11 Å². The largest absolute Gasteiger partial charge is 0.474 e. The van der Waals surface area contributed by atoms with Crippen LogP contribution in [0.2, 0.25) is 0 Å². The molecule has 2 aromatic rings. The minimum Gasteiger partial charge on any atom is -0.474 e. The van der Waals surface area contributed by atoms with Crippen molar-refractivity contribution < 1.29 is 23.7 Å². The van der Waals surface area contributed by atoms with Crippen LogP contribution < -0.4 is 24.3 Å². The van der Waals surface area contributed by atoms with Gasteiger partial charge < -0.3 is 29.2 Å². The van der Waals surface area contributed by atoms with E-state index in [4.69, 9.17) is 18.9 Å². The number of anilines is 1. The Kier molecular flexibility index (Phi) is 4.82. The number of ether oxygens (including phenoxy) is 4. The summed E-state index contributed by atoms with van der Waals surface area (Å²) >= 11 is 0. The molecule has 0 atom stereocenters. The third-order valence-corrected chi connectivity index (χ3v) is 4.43. The molecule has 1 fully saturated rings. The Morgan fingerprint density at radius 3 is 2.85 bits per heavy atom. The summed E-state index contributed by atoms with van der Waals surface area (Å²) in [5.41, 5.74) is 0.677. The fraction of sp³-hybridized carbons (Fsp3) is 0.389. The van der Waals surface area contributed by atoms with Gasteiger partial charge in [0.25, 0.3) is 0 Å².